The van der Waals surface area contributed by atoms with Crippen LogP contribution < -0.4 is 5.30 Å². The highest BCUT2D eigenvalue weighted by Crippen LogP contribution is 2.11. The van der Waals surface area contributed by atoms with E-state index in [1.807, 2.05) is 6.07 Å². The average Bonchev–Trinajstić information content (AvgIpc) is 1.80. The molecule has 4 heteroatoms. The Morgan fingerprint density at radius 2 is 2.11 bits per heavy atom. The summed E-state index contributed by atoms with van der Waals surface area (Å²) >= 11 is 6.58. The maximum atomic E-state index is 4.03. The molecular weight excluding hydrogens is 265 g/mol. The van der Waals surface area contributed by atoms with Crippen molar-refractivity contribution in [2.75, 3.05) is 0 Å². The highest BCUT2D eigenvalue weighted by molar-refractivity contribution is 9.11. The standard InChI is InChI=1S/C5H4Br2NP/c6-3-1-4(9)5(7)8-2-3/h1-2H,9H2. The van der Waals surface area contributed by atoms with E-state index in [2.05, 4.69) is 46.1 Å². The summed E-state index contributed by atoms with van der Waals surface area (Å²) in [5.74, 6) is 0. The quantitative estimate of drug-likeness (QED) is 0.519. The Balaban J connectivity index is 3.17. The molecular formula is C5H4Br2NP. The lowest BCUT2D eigenvalue weighted by Crippen LogP contribution is -1.94. The lowest BCUT2D eigenvalue weighted by molar-refractivity contribution is 1.29. The van der Waals surface area contributed by atoms with Gasteiger partial charge in [0.05, 0.1) is 0 Å². The monoisotopic (exact) mass is 267 g/mol. The molecule has 1 heterocycles. The molecule has 1 rings (SSSR count). The van der Waals surface area contributed by atoms with Crippen molar-refractivity contribution in [1.29, 1.82) is 0 Å². The second-order valence-electron chi connectivity index (χ2n) is 1.53. The third-order valence-electron chi connectivity index (χ3n) is 0.833. The van der Waals surface area contributed by atoms with E-state index in [1.165, 1.54) is 0 Å². The van der Waals surface area contributed by atoms with Crippen LogP contribution in [-0.4, -0.2) is 4.98 Å². The van der Waals surface area contributed by atoms with Gasteiger partial charge in [-0.2, -0.15) is 0 Å². The minimum Gasteiger partial charge on any atom is -0.248 e. The van der Waals surface area contributed by atoms with Crippen molar-refractivity contribution in [2.45, 2.75) is 0 Å². The number of pyridine rings is 1. The van der Waals surface area contributed by atoms with Gasteiger partial charge in [0.2, 0.25) is 0 Å². The summed E-state index contributed by atoms with van der Waals surface area (Å²) in [6, 6.07) is 1.97. The van der Waals surface area contributed by atoms with Gasteiger partial charge >= 0.3 is 0 Å². The molecule has 1 atom stereocenters. The summed E-state index contributed by atoms with van der Waals surface area (Å²) in [4.78, 5) is 4.03. The summed E-state index contributed by atoms with van der Waals surface area (Å²) < 4.78 is 1.87. The molecule has 0 saturated carbocycles. The third-order valence-corrected chi connectivity index (χ3v) is 2.79. The SMILES string of the molecule is Pc1cc(Br)cnc1Br. The highest BCUT2D eigenvalue weighted by atomic mass is 79.9. The molecule has 0 aromatic carbocycles. The molecule has 0 aliphatic carbocycles. The molecule has 0 bridgehead atoms. The van der Waals surface area contributed by atoms with E-state index in [0.29, 0.717) is 0 Å². The van der Waals surface area contributed by atoms with E-state index < -0.39 is 0 Å². The summed E-state index contributed by atoms with van der Waals surface area (Å²) in [6.45, 7) is 0. The fraction of sp³-hybridized carbons (Fsp3) is 0. The molecule has 0 amide bonds. The lowest BCUT2D eigenvalue weighted by Gasteiger charge is -1.94. The fourth-order valence-electron chi connectivity index (χ4n) is 0.438. The minimum absolute atomic E-state index is 0.871. The summed E-state index contributed by atoms with van der Waals surface area (Å²) in [6.07, 6.45) is 1.75. The number of nitrogens with zero attached hydrogens (tertiary/aromatic N) is 1. The Morgan fingerprint density at radius 1 is 1.44 bits per heavy atom. The van der Waals surface area contributed by atoms with Gasteiger partial charge < -0.3 is 0 Å². The molecule has 0 aliphatic rings. The first kappa shape index (κ1) is 7.64. The summed E-state index contributed by atoms with van der Waals surface area (Å²) in [5.41, 5.74) is 0. The Morgan fingerprint density at radius 3 is 2.56 bits per heavy atom. The van der Waals surface area contributed by atoms with Crippen molar-refractivity contribution in [3.8, 4) is 0 Å². The molecule has 1 aromatic rings. The Labute approximate surface area is 72.7 Å². The first-order valence-electron chi connectivity index (χ1n) is 2.26. The molecule has 1 unspecified atom stereocenters. The van der Waals surface area contributed by atoms with Crippen LogP contribution in [0.4, 0.5) is 0 Å². The van der Waals surface area contributed by atoms with Crippen molar-refractivity contribution in [3.05, 3.63) is 21.3 Å². The first-order chi connectivity index (χ1) is 4.20. The van der Waals surface area contributed by atoms with Crippen molar-refractivity contribution in [1.82, 2.24) is 4.98 Å². The summed E-state index contributed by atoms with van der Waals surface area (Å²) in [7, 11) is 2.58. The third kappa shape index (κ3) is 1.99. The van der Waals surface area contributed by atoms with Crippen LogP contribution in [0.25, 0.3) is 0 Å². The number of hydrogen-bond acceptors (Lipinski definition) is 1. The topological polar surface area (TPSA) is 12.9 Å². The molecule has 1 aromatic heterocycles. The van der Waals surface area contributed by atoms with Gasteiger partial charge in [-0.1, -0.05) is 0 Å². The van der Waals surface area contributed by atoms with Gasteiger partial charge in [0.25, 0.3) is 0 Å². The predicted molar refractivity (Wildman–Crippen MR) is 49.0 cm³/mol. The second kappa shape index (κ2) is 3.09. The Kier molecular flexibility index (Phi) is 2.62. The zero-order valence-electron chi connectivity index (χ0n) is 4.44. The fourth-order valence-corrected chi connectivity index (χ4v) is 1.50. The Hall–Kier alpha value is 0.540. The van der Waals surface area contributed by atoms with Crippen LogP contribution in [0.3, 0.4) is 0 Å². The van der Waals surface area contributed by atoms with Crippen LogP contribution in [0.2, 0.25) is 0 Å². The molecule has 48 valence electrons. The highest BCUT2D eigenvalue weighted by Gasteiger charge is 1.93. The largest absolute Gasteiger partial charge is 0.248 e. The van der Waals surface area contributed by atoms with E-state index in [1.54, 1.807) is 6.20 Å². The molecule has 0 spiro atoms. The first-order valence-corrected chi connectivity index (χ1v) is 4.43. The van der Waals surface area contributed by atoms with Crippen LogP contribution in [0, 0.1) is 0 Å². The number of halogens is 2. The summed E-state index contributed by atoms with van der Waals surface area (Å²) in [5, 5.41) is 1.06. The number of rotatable bonds is 0. The molecule has 0 saturated heterocycles. The number of aromatic nitrogens is 1. The molecule has 9 heavy (non-hydrogen) atoms. The van der Waals surface area contributed by atoms with Gasteiger partial charge in [-0.05, 0) is 37.9 Å². The molecule has 0 radical (unpaired) electrons. The van der Waals surface area contributed by atoms with E-state index in [9.17, 15) is 0 Å². The van der Waals surface area contributed by atoms with Crippen molar-refractivity contribution < 1.29 is 0 Å². The van der Waals surface area contributed by atoms with Crippen LogP contribution in [0.5, 0.6) is 0 Å². The lowest BCUT2D eigenvalue weighted by atomic mass is 10.5. The van der Waals surface area contributed by atoms with Gasteiger partial charge in [0.15, 0.2) is 0 Å². The molecule has 1 nitrogen and oxygen atoms in total. The van der Waals surface area contributed by atoms with Crippen LogP contribution in [0.1, 0.15) is 0 Å². The van der Waals surface area contributed by atoms with E-state index in [0.717, 1.165) is 14.4 Å². The van der Waals surface area contributed by atoms with Gasteiger partial charge in [0, 0.05) is 16.0 Å². The van der Waals surface area contributed by atoms with Crippen molar-refractivity contribution >= 4 is 46.4 Å². The smallest absolute Gasteiger partial charge is 0.113 e. The zero-order chi connectivity index (χ0) is 6.85. The van der Waals surface area contributed by atoms with E-state index >= 15 is 0 Å². The maximum Gasteiger partial charge on any atom is 0.113 e. The van der Waals surface area contributed by atoms with Gasteiger partial charge in [0.1, 0.15) is 4.60 Å². The number of hydrogen-bond donors (Lipinski definition) is 0. The molecule has 0 aliphatic heterocycles. The van der Waals surface area contributed by atoms with Gasteiger partial charge in [-0.25, -0.2) is 4.98 Å². The zero-order valence-corrected chi connectivity index (χ0v) is 8.76. The van der Waals surface area contributed by atoms with Crippen LogP contribution in [-0.2, 0) is 0 Å². The van der Waals surface area contributed by atoms with Crippen LogP contribution >= 0.6 is 41.1 Å². The predicted octanol–water partition coefficient (Wildman–Crippen LogP) is 2.11. The van der Waals surface area contributed by atoms with Gasteiger partial charge in [-0.3, -0.25) is 0 Å². The average molecular weight is 269 g/mol. The normalized spacial score (nSPS) is 9.67. The second-order valence-corrected chi connectivity index (χ2v) is 3.82. The van der Waals surface area contributed by atoms with Crippen LogP contribution in [0.15, 0.2) is 21.3 Å². The van der Waals surface area contributed by atoms with E-state index in [-0.39, 0.29) is 0 Å². The van der Waals surface area contributed by atoms with Crippen molar-refractivity contribution in [2.24, 2.45) is 0 Å². The van der Waals surface area contributed by atoms with Gasteiger partial charge in [-0.15, -0.1) is 9.24 Å². The molecule has 0 fully saturated rings. The van der Waals surface area contributed by atoms with Crippen molar-refractivity contribution in [3.63, 3.8) is 0 Å². The molecule has 0 N–H and O–H groups in total. The minimum atomic E-state index is 0.871. The van der Waals surface area contributed by atoms with E-state index in [4.69, 9.17) is 0 Å². The Bertz CT molecular complexity index is 226. The maximum absolute atomic E-state index is 4.03.